The van der Waals surface area contributed by atoms with Gasteiger partial charge in [-0.15, -0.1) is 0 Å². The number of carboxylic acids is 1. The second-order valence-corrected chi connectivity index (χ2v) is 3.00. The third kappa shape index (κ3) is 1.43. The van der Waals surface area contributed by atoms with Crippen LogP contribution in [0.5, 0.6) is 0 Å². The number of allylic oxidation sites excluding steroid dienone is 2. The lowest BCUT2D eigenvalue weighted by Gasteiger charge is -2.28. The standard InChI is InChI=1S/C8H13NO2/c9-6-8(7(10)11)4-2-1-3-5-8/h1-2H,3-6,9H2,(H,10,11). The number of aliphatic carboxylic acids is 1. The highest BCUT2D eigenvalue weighted by Gasteiger charge is 2.36. The molecule has 1 aliphatic rings. The Labute approximate surface area is 65.9 Å². The van der Waals surface area contributed by atoms with Crippen LogP contribution in [0.1, 0.15) is 19.3 Å². The molecule has 0 radical (unpaired) electrons. The minimum atomic E-state index is -0.760. The lowest BCUT2D eigenvalue weighted by molar-refractivity contribution is -0.148. The molecule has 0 aromatic carbocycles. The maximum absolute atomic E-state index is 10.8. The molecule has 0 heterocycles. The van der Waals surface area contributed by atoms with Crippen molar-refractivity contribution in [3.63, 3.8) is 0 Å². The summed E-state index contributed by atoms with van der Waals surface area (Å²) in [6.07, 6.45) is 6.01. The van der Waals surface area contributed by atoms with Gasteiger partial charge in [-0.2, -0.15) is 0 Å². The lowest BCUT2D eigenvalue weighted by Crippen LogP contribution is -2.39. The monoisotopic (exact) mass is 155 g/mol. The zero-order valence-corrected chi connectivity index (χ0v) is 6.42. The van der Waals surface area contributed by atoms with Crippen LogP contribution in [0.3, 0.4) is 0 Å². The molecular weight excluding hydrogens is 142 g/mol. The summed E-state index contributed by atoms with van der Waals surface area (Å²) in [6, 6.07) is 0. The van der Waals surface area contributed by atoms with Gasteiger partial charge in [0.1, 0.15) is 0 Å². The number of hydrogen-bond acceptors (Lipinski definition) is 2. The molecule has 0 bridgehead atoms. The first-order valence-corrected chi connectivity index (χ1v) is 3.80. The maximum Gasteiger partial charge on any atom is 0.311 e. The zero-order valence-electron chi connectivity index (χ0n) is 6.42. The third-order valence-corrected chi connectivity index (χ3v) is 2.31. The summed E-state index contributed by atoms with van der Waals surface area (Å²) in [5, 5.41) is 8.87. The molecule has 3 heteroatoms. The summed E-state index contributed by atoms with van der Waals surface area (Å²) in [5.74, 6) is -0.760. The van der Waals surface area contributed by atoms with Crippen LogP contribution in [0.2, 0.25) is 0 Å². The molecule has 3 nitrogen and oxygen atoms in total. The van der Waals surface area contributed by atoms with Crippen LogP contribution >= 0.6 is 0 Å². The van der Waals surface area contributed by atoms with E-state index in [4.69, 9.17) is 10.8 Å². The van der Waals surface area contributed by atoms with Gasteiger partial charge in [0.2, 0.25) is 0 Å². The fourth-order valence-corrected chi connectivity index (χ4v) is 1.36. The van der Waals surface area contributed by atoms with Crippen molar-refractivity contribution < 1.29 is 9.90 Å². The Morgan fingerprint density at radius 3 is 2.64 bits per heavy atom. The Kier molecular flexibility index (Phi) is 2.29. The van der Waals surface area contributed by atoms with Crippen molar-refractivity contribution in [3.05, 3.63) is 12.2 Å². The molecule has 62 valence electrons. The molecule has 0 spiro atoms. The number of nitrogens with two attached hydrogens (primary N) is 1. The molecule has 0 fully saturated rings. The van der Waals surface area contributed by atoms with E-state index in [9.17, 15) is 4.79 Å². The van der Waals surface area contributed by atoms with Gasteiger partial charge in [0.25, 0.3) is 0 Å². The van der Waals surface area contributed by atoms with Crippen LogP contribution in [0.25, 0.3) is 0 Å². The smallest absolute Gasteiger partial charge is 0.311 e. The van der Waals surface area contributed by atoms with Crippen LogP contribution in [-0.4, -0.2) is 17.6 Å². The first-order valence-electron chi connectivity index (χ1n) is 3.80. The predicted octanol–water partition coefficient (Wildman–Crippen LogP) is 0.756. The molecule has 0 saturated heterocycles. The van der Waals surface area contributed by atoms with E-state index < -0.39 is 11.4 Å². The molecule has 0 saturated carbocycles. The van der Waals surface area contributed by atoms with Crippen LogP contribution < -0.4 is 5.73 Å². The second kappa shape index (κ2) is 3.05. The fraction of sp³-hybridized carbons (Fsp3) is 0.625. The van der Waals surface area contributed by atoms with E-state index in [0.29, 0.717) is 12.8 Å². The molecule has 0 aliphatic heterocycles. The Bertz CT molecular complexity index is 189. The summed E-state index contributed by atoms with van der Waals surface area (Å²) in [5.41, 5.74) is 4.75. The predicted molar refractivity (Wildman–Crippen MR) is 42.1 cm³/mol. The van der Waals surface area contributed by atoms with E-state index in [0.717, 1.165) is 6.42 Å². The number of rotatable bonds is 2. The van der Waals surface area contributed by atoms with E-state index in [1.807, 2.05) is 12.2 Å². The van der Waals surface area contributed by atoms with Crippen LogP contribution in [0.15, 0.2) is 12.2 Å². The van der Waals surface area contributed by atoms with Gasteiger partial charge in [-0.25, -0.2) is 0 Å². The Morgan fingerprint density at radius 1 is 1.64 bits per heavy atom. The van der Waals surface area contributed by atoms with Gasteiger partial charge in [-0.05, 0) is 19.3 Å². The molecule has 0 amide bonds. The normalized spacial score (nSPS) is 30.3. The fourth-order valence-electron chi connectivity index (χ4n) is 1.36. The van der Waals surface area contributed by atoms with Crippen molar-refractivity contribution in [2.75, 3.05) is 6.54 Å². The van der Waals surface area contributed by atoms with E-state index >= 15 is 0 Å². The van der Waals surface area contributed by atoms with E-state index in [2.05, 4.69) is 0 Å². The van der Waals surface area contributed by atoms with Gasteiger partial charge >= 0.3 is 5.97 Å². The highest BCUT2D eigenvalue weighted by molar-refractivity contribution is 5.75. The van der Waals surface area contributed by atoms with Gasteiger partial charge in [-0.1, -0.05) is 12.2 Å². The topological polar surface area (TPSA) is 63.3 Å². The minimum Gasteiger partial charge on any atom is -0.481 e. The van der Waals surface area contributed by atoms with Crippen LogP contribution in [0, 0.1) is 5.41 Å². The van der Waals surface area contributed by atoms with Gasteiger partial charge in [-0.3, -0.25) is 4.79 Å². The number of hydrogen-bond donors (Lipinski definition) is 2. The largest absolute Gasteiger partial charge is 0.481 e. The Balaban J connectivity index is 2.75. The molecule has 3 N–H and O–H groups in total. The van der Waals surface area contributed by atoms with Crippen LogP contribution in [0.4, 0.5) is 0 Å². The molecule has 11 heavy (non-hydrogen) atoms. The molecular formula is C8H13NO2. The highest BCUT2D eigenvalue weighted by Crippen LogP contribution is 2.31. The zero-order chi connectivity index (χ0) is 8.32. The summed E-state index contributed by atoms with van der Waals surface area (Å²) < 4.78 is 0. The average molecular weight is 155 g/mol. The molecule has 1 aliphatic carbocycles. The first kappa shape index (κ1) is 8.27. The van der Waals surface area contributed by atoms with E-state index in [-0.39, 0.29) is 6.54 Å². The van der Waals surface area contributed by atoms with Crippen molar-refractivity contribution in [3.8, 4) is 0 Å². The molecule has 0 aromatic rings. The molecule has 0 aromatic heterocycles. The van der Waals surface area contributed by atoms with Gasteiger partial charge < -0.3 is 10.8 Å². The summed E-state index contributed by atoms with van der Waals surface area (Å²) in [6.45, 7) is 0.243. The quantitative estimate of drug-likeness (QED) is 0.578. The van der Waals surface area contributed by atoms with Gasteiger partial charge in [0.05, 0.1) is 5.41 Å². The summed E-state index contributed by atoms with van der Waals surface area (Å²) in [4.78, 5) is 10.8. The molecule has 1 rings (SSSR count). The first-order chi connectivity index (χ1) is 5.21. The molecule has 1 atom stereocenters. The second-order valence-electron chi connectivity index (χ2n) is 3.00. The van der Waals surface area contributed by atoms with Crippen molar-refractivity contribution in [2.24, 2.45) is 11.1 Å². The Hall–Kier alpha value is -0.830. The maximum atomic E-state index is 10.8. The summed E-state index contributed by atoms with van der Waals surface area (Å²) in [7, 11) is 0. The van der Waals surface area contributed by atoms with Crippen molar-refractivity contribution >= 4 is 5.97 Å². The van der Waals surface area contributed by atoms with Gasteiger partial charge in [0.15, 0.2) is 0 Å². The van der Waals surface area contributed by atoms with E-state index in [1.165, 1.54) is 0 Å². The number of carbonyl (C=O) groups is 1. The number of carboxylic acid groups (broad SMARTS) is 1. The molecule has 1 unspecified atom stereocenters. The van der Waals surface area contributed by atoms with Crippen molar-refractivity contribution in [1.82, 2.24) is 0 Å². The third-order valence-electron chi connectivity index (χ3n) is 2.31. The average Bonchev–Trinajstić information content (AvgIpc) is 2.05. The van der Waals surface area contributed by atoms with Gasteiger partial charge in [0, 0.05) is 6.54 Å². The Morgan fingerprint density at radius 2 is 2.36 bits per heavy atom. The van der Waals surface area contributed by atoms with E-state index in [1.54, 1.807) is 0 Å². The SMILES string of the molecule is NCC1(C(=O)O)CC=CCC1. The van der Waals surface area contributed by atoms with Crippen molar-refractivity contribution in [1.29, 1.82) is 0 Å². The van der Waals surface area contributed by atoms with Crippen molar-refractivity contribution in [2.45, 2.75) is 19.3 Å². The highest BCUT2D eigenvalue weighted by atomic mass is 16.4. The van der Waals surface area contributed by atoms with Crippen LogP contribution in [-0.2, 0) is 4.79 Å². The summed E-state index contributed by atoms with van der Waals surface area (Å²) >= 11 is 0. The lowest BCUT2D eigenvalue weighted by atomic mass is 9.77. The minimum absolute atomic E-state index is 0.243.